The molecule has 0 aromatic heterocycles. The van der Waals surface area contributed by atoms with Crippen LogP contribution in [0.3, 0.4) is 0 Å². The van der Waals surface area contributed by atoms with Crippen molar-refractivity contribution in [3.63, 3.8) is 0 Å². The van der Waals surface area contributed by atoms with E-state index in [-0.39, 0.29) is 0 Å². The van der Waals surface area contributed by atoms with Crippen LogP contribution in [0.4, 0.5) is 0 Å². The first-order valence-corrected chi connectivity index (χ1v) is 7.42. The molecule has 0 N–H and O–H groups in total. The zero-order chi connectivity index (χ0) is 13.3. The van der Waals surface area contributed by atoms with Gasteiger partial charge in [0.1, 0.15) is 5.75 Å². The molecule has 2 aromatic rings. The largest absolute Gasteiger partial charge is 0.494 e. The molecule has 0 unspecified atom stereocenters. The number of hydrogen-bond donors (Lipinski definition) is 0. The van der Waals surface area contributed by atoms with Crippen molar-refractivity contribution in [3.8, 4) is 5.75 Å². The number of benzene rings is 2. The van der Waals surface area contributed by atoms with Gasteiger partial charge in [-0.05, 0) is 52.4 Å². The Morgan fingerprint density at radius 1 is 0.842 bits per heavy atom. The van der Waals surface area contributed by atoms with Crippen molar-refractivity contribution in [1.29, 1.82) is 0 Å². The average molecular weight is 368 g/mol. The summed E-state index contributed by atoms with van der Waals surface area (Å²) in [7, 11) is 0. The lowest BCUT2D eigenvalue weighted by Crippen LogP contribution is -2.03. The Morgan fingerprint density at radius 2 is 1.58 bits per heavy atom. The molecule has 0 aliphatic carbocycles. The van der Waals surface area contributed by atoms with Crippen LogP contribution in [0.1, 0.15) is 12.0 Å². The Morgan fingerprint density at radius 3 is 2.32 bits per heavy atom. The second-order valence-electron chi connectivity index (χ2n) is 4.19. The minimum atomic E-state index is 0.671. The highest BCUT2D eigenvalue weighted by molar-refractivity contribution is 14.1. The maximum Gasteiger partial charge on any atom is 0.119 e. The summed E-state index contributed by atoms with van der Waals surface area (Å²) in [5.74, 6) is 0.920. The monoisotopic (exact) mass is 368 g/mol. The summed E-state index contributed by atoms with van der Waals surface area (Å²) in [6.07, 6.45) is 0.902. The first kappa shape index (κ1) is 14.3. The predicted octanol–water partition coefficient (Wildman–Crippen LogP) is 4.28. The van der Waals surface area contributed by atoms with Crippen LogP contribution in [0.2, 0.25) is 0 Å². The molecule has 0 bridgehead atoms. The van der Waals surface area contributed by atoms with Gasteiger partial charge in [0.2, 0.25) is 0 Å². The third-order valence-electron chi connectivity index (χ3n) is 2.63. The van der Waals surface area contributed by atoms with Gasteiger partial charge in [-0.1, -0.05) is 30.3 Å². The molecule has 3 heteroatoms. The summed E-state index contributed by atoms with van der Waals surface area (Å²) in [6, 6.07) is 18.3. The first-order valence-electron chi connectivity index (χ1n) is 6.34. The van der Waals surface area contributed by atoms with E-state index in [1.165, 1.54) is 9.13 Å². The molecule has 0 aliphatic heterocycles. The Kier molecular flexibility index (Phi) is 6.17. The van der Waals surface area contributed by atoms with Crippen LogP contribution >= 0.6 is 22.6 Å². The molecular formula is C16H17IO2. The quantitative estimate of drug-likeness (QED) is 0.537. The van der Waals surface area contributed by atoms with Crippen LogP contribution in [-0.4, -0.2) is 13.2 Å². The number of halogens is 1. The lowest BCUT2D eigenvalue weighted by atomic mass is 10.2. The van der Waals surface area contributed by atoms with Gasteiger partial charge in [-0.3, -0.25) is 0 Å². The Labute approximate surface area is 127 Å². The third kappa shape index (κ3) is 5.61. The van der Waals surface area contributed by atoms with Crippen LogP contribution < -0.4 is 4.74 Å². The third-order valence-corrected chi connectivity index (χ3v) is 3.35. The summed E-state index contributed by atoms with van der Waals surface area (Å²) in [4.78, 5) is 0. The van der Waals surface area contributed by atoms with E-state index >= 15 is 0 Å². The molecule has 2 rings (SSSR count). The van der Waals surface area contributed by atoms with Gasteiger partial charge in [0.05, 0.1) is 19.8 Å². The van der Waals surface area contributed by atoms with Crippen molar-refractivity contribution in [2.24, 2.45) is 0 Å². The molecule has 0 atom stereocenters. The maximum atomic E-state index is 5.63. The Balaban J connectivity index is 1.56. The first-order chi connectivity index (χ1) is 9.34. The van der Waals surface area contributed by atoms with Gasteiger partial charge in [0.15, 0.2) is 0 Å². The molecule has 0 saturated heterocycles. The highest BCUT2D eigenvalue weighted by Gasteiger charge is 1.95. The van der Waals surface area contributed by atoms with E-state index in [1.54, 1.807) is 0 Å². The lowest BCUT2D eigenvalue weighted by molar-refractivity contribution is 0.107. The van der Waals surface area contributed by atoms with E-state index in [9.17, 15) is 0 Å². The van der Waals surface area contributed by atoms with Gasteiger partial charge < -0.3 is 9.47 Å². The minimum absolute atomic E-state index is 0.671. The summed E-state index contributed by atoms with van der Waals surface area (Å²) < 4.78 is 12.4. The summed E-state index contributed by atoms with van der Waals surface area (Å²) in [5.41, 5.74) is 1.21. The summed E-state index contributed by atoms with van der Waals surface area (Å²) in [5, 5.41) is 0. The second kappa shape index (κ2) is 8.17. The van der Waals surface area contributed by atoms with E-state index in [0.29, 0.717) is 13.2 Å². The van der Waals surface area contributed by atoms with Crippen molar-refractivity contribution in [2.75, 3.05) is 13.2 Å². The zero-order valence-corrected chi connectivity index (χ0v) is 12.9. The molecule has 100 valence electrons. The van der Waals surface area contributed by atoms with Gasteiger partial charge in [0.25, 0.3) is 0 Å². The van der Waals surface area contributed by atoms with Crippen molar-refractivity contribution >= 4 is 22.6 Å². The Hall–Kier alpha value is -1.07. The molecule has 19 heavy (non-hydrogen) atoms. The molecule has 0 aliphatic rings. The van der Waals surface area contributed by atoms with Crippen molar-refractivity contribution in [2.45, 2.75) is 13.0 Å². The standard InChI is InChI=1S/C16H17IO2/c17-15-7-9-16(10-8-15)19-12-4-11-18-13-14-5-2-1-3-6-14/h1-3,5-10H,4,11-13H2. The lowest BCUT2D eigenvalue weighted by Gasteiger charge is -2.07. The predicted molar refractivity (Wildman–Crippen MR) is 85.4 cm³/mol. The fraction of sp³-hybridized carbons (Fsp3) is 0.250. The average Bonchev–Trinajstić information content (AvgIpc) is 2.46. The van der Waals surface area contributed by atoms with Crippen molar-refractivity contribution in [3.05, 3.63) is 63.7 Å². The van der Waals surface area contributed by atoms with Gasteiger partial charge >= 0.3 is 0 Å². The molecule has 2 nitrogen and oxygen atoms in total. The fourth-order valence-corrected chi connectivity index (χ4v) is 2.01. The molecule has 2 aromatic carbocycles. The Bertz CT molecular complexity index is 468. The SMILES string of the molecule is Ic1ccc(OCCCOCc2ccccc2)cc1. The van der Waals surface area contributed by atoms with E-state index in [0.717, 1.165) is 18.8 Å². The van der Waals surface area contributed by atoms with E-state index in [1.807, 2.05) is 42.5 Å². The number of ether oxygens (including phenoxy) is 2. The van der Waals surface area contributed by atoms with Crippen LogP contribution in [0, 0.1) is 3.57 Å². The fourth-order valence-electron chi connectivity index (χ4n) is 1.65. The number of rotatable bonds is 7. The zero-order valence-electron chi connectivity index (χ0n) is 10.7. The van der Waals surface area contributed by atoms with E-state index in [4.69, 9.17) is 9.47 Å². The molecular weight excluding hydrogens is 351 g/mol. The van der Waals surface area contributed by atoms with E-state index < -0.39 is 0 Å². The molecule has 0 heterocycles. The maximum absolute atomic E-state index is 5.63. The second-order valence-corrected chi connectivity index (χ2v) is 5.44. The normalized spacial score (nSPS) is 10.4. The van der Waals surface area contributed by atoms with Crippen LogP contribution in [-0.2, 0) is 11.3 Å². The van der Waals surface area contributed by atoms with Crippen molar-refractivity contribution < 1.29 is 9.47 Å². The van der Waals surface area contributed by atoms with Crippen LogP contribution in [0.15, 0.2) is 54.6 Å². The smallest absolute Gasteiger partial charge is 0.119 e. The topological polar surface area (TPSA) is 18.5 Å². The van der Waals surface area contributed by atoms with Crippen LogP contribution in [0.25, 0.3) is 0 Å². The molecule has 0 saturated carbocycles. The molecule has 0 spiro atoms. The van der Waals surface area contributed by atoms with Gasteiger partial charge in [-0.15, -0.1) is 0 Å². The van der Waals surface area contributed by atoms with Gasteiger partial charge in [-0.2, -0.15) is 0 Å². The number of hydrogen-bond acceptors (Lipinski definition) is 2. The molecule has 0 fully saturated rings. The van der Waals surface area contributed by atoms with Gasteiger partial charge in [-0.25, -0.2) is 0 Å². The molecule has 0 amide bonds. The summed E-state index contributed by atoms with van der Waals surface area (Å²) in [6.45, 7) is 2.08. The van der Waals surface area contributed by atoms with Gasteiger partial charge in [0, 0.05) is 9.99 Å². The summed E-state index contributed by atoms with van der Waals surface area (Å²) >= 11 is 2.28. The molecule has 0 radical (unpaired) electrons. The minimum Gasteiger partial charge on any atom is -0.494 e. The van der Waals surface area contributed by atoms with Crippen molar-refractivity contribution in [1.82, 2.24) is 0 Å². The highest BCUT2D eigenvalue weighted by atomic mass is 127. The highest BCUT2D eigenvalue weighted by Crippen LogP contribution is 2.13. The van der Waals surface area contributed by atoms with E-state index in [2.05, 4.69) is 34.7 Å². The van der Waals surface area contributed by atoms with Crippen LogP contribution in [0.5, 0.6) is 5.75 Å².